The van der Waals surface area contributed by atoms with Gasteiger partial charge in [-0.1, -0.05) is 13.8 Å². The first-order valence-corrected chi connectivity index (χ1v) is 12.0. The largest absolute Gasteiger partial charge is 0.458 e. The van der Waals surface area contributed by atoms with Crippen LogP contribution in [0.25, 0.3) is 0 Å². The van der Waals surface area contributed by atoms with Crippen LogP contribution in [0.4, 0.5) is 8.78 Å². The SMILES string of the molecule is CCC(O)(CC)C1C2CC3C(OC(=O)C31)C2OC(=O)CCC(=O)OC(O)C(F)(F)S(=O)(=O)O. The van der Waals surface area contributed by atoms with Gasteiger partial charge in [0.25, 0.3) is 6.29 Å². The molecule has 3 fully saturated rings. The van der Waals surface area contributed by atoms with E-state index in [0.29, 0.717) is 19.3 Å². The summed E-state index contributed by atoms with van der Waals surface area (Å²) < 4.78 is 70.7. The fourth-order valence-electron chi connectivity index (χ4n) is 5.40. The fraction of sp³-hybridized carbons (Fsp3) is 0.842. The van der Waals surface area contributed by atoms with Crippen LogP contribution in [-0.2, 0) is 38.7 Å². The number of rotatable bonds is 10. The number of hydrogen-bond acceptors (Lipinski definition) is 10. The van der Waals surface area contributed by atoms with Gasteiger partial charge in [0.2, 0.25) is 0 Å². The lowest BCUT2D eigenvalue weighted by molar-refractivity contribution is -0.206. The van der Waals surface area contributed by atoms with Crippen LogP contribution in [-0.4, -0.2) is 70.4 Å². The molecule has 7 unspecified atom stereocenters. The minimum absolute atomic E-state index is 0.210. The minimum Gasteiger partial charge on any atom is -0.458 e. The van der Waals surface area contributed by atoms with Crippen LogP contribution >= 0.6 is 0 Å². The highest BCUT2D eigenvalue weighted by Crippen LogP contribution is 2.62. The van der Waals surface area contributed by atoms with Gasteiger partial charge in [0.05, 0.1) is 24.4 Å². The summed E-state index contributed by atoms with van der Waals surface area (Å²) in [4.78, 5) is 36.3. The molecule has 0 aromatic carbocycles. The van der Waals surface area contributed by atoms with Crippen molar-refractivity contribution in [1.29, 1.82) is 0 Å². The molecule has 2 aliphatic carbocycles. The van der Waals surface area contributed by atoms with Gasteiger partial charge in [0.1, 0.15) is 12.2 Å². The third kappa shape index (κ3) is 4.33. The Balaban J connectivity index is 1.60. The number of fused-ring (bicyclic) bond motifs is 1. The number of aliphatic hydroxyl groups excluding tert-OH is 1. The van der Waals surface area contributed by atoms with Crippen molar-refractivity contribution < 1.29 is 60.6 Å². The third-order valence-electron chi connectivity index (χ3n) is 7.07. The minimum atomic E-state index is -6.04. The van der Waals surface area contributed by atoms with Crippen molar-refractivity contribution in [2.24, 2.45) is 23.7 Å². The maximum Gasteiger partial charge on any atom is 0.430 e. The predicted molar refractivity (Wildman–Crippen MR) is 102 cm³/mol. The van der Waals surface area contributed by atoms with Crippen LogP contribution in [0.5, 0.6) is 0 Å². The third-order valence-corrected chi connectivity index (χ3v) is 7.96. The molecule has 7 atom stereocenters. The number of carbonyl (C=O) groups is 3. The van der Waals surface area contributed by atoms with Gasteiger partial charge in [0.15, 0.2) is 0 Å². The van der Waals surface area contributed by atoms with Crippen molar-refractivity contribution in [2.75, 3.05) is 0 Å². The summed E-state index contributed by atoms with van der Waals surface area (Å²) in [5, 5.41) is 15.0. The van der Waals surface area contributed by atoms with Crippen molar-refractivity contribution in [2.45, 2.75) is 75.3 Å². The van der Waals surface area contributed by atoms with Crippen molar-refractivity contribution >= 4 is 28.0 Å². The van der Waals surface area contributed by atoms with Gasteiger partial charge < -0.3 is 24.4 Å². The number of esters is 3. The Bertz CT molecular complexity index is 917. The van der Waals surface area contributed by atoms with E-state index in [1.165, 1.54) is 0 Å². The van der Waals surface area contributed by atoms with Crippen LogP contribution in [0, 0.1) is 23.7 Å². The Kier molecular flexibility index (Phi) is 6.79. The first-order chi connectivity index (χ1) is 15.2. The average molecular weight is 500 g/mol. The molecule has 0 aromatic heterocycles. The molecule has 2 saturated carbocycles. The Hall–Kier alpha value is -1.90. The smallest absolute Gasteiger partial charge is 0.430 e. The van der Waals surface area contributed by atoms with Crippen LogP contribution < -0.4 is 0 Å². The Labute approximate surface area is 188 Å². The summed E-state index contributed by atoms with van der Waals surface area (Å²) in [6, 6.07) is 0. The number of ether oxygens (including phenoxy) is 3. The number of aliphatic hydroxyl groups is 2. The van der Waals surface area contributed by atoms with Gasteiger partial charge in [-0.2, -0.15) is 17.2 Å². The number of hydrogen-bond donors (Lipinski definition) is 3. The van der Waals surface area contributed by atoms with Gasteiger partial charge in [-0.05, 0) is 19.3 Å². The first-order valence-electron chi connectivity index (χ1n) is 10.5. The summed E-state index contributed by atoms with van der Waals surface area (Å²) in [6.07, 6.45) is -5.19. The van der Waals surface area contributed by atoms with Crippen molar-refractivity contribution in [3.05, 3.63) is 0 Å². The van der Waals surface area contributed by atoms with E-state index in [0.717, 1.165) is 0 Å². The molecule has 0 aromatic rings. The summed E-state index contributed by atoms with van der Waals surface area (Å²) >= 11 is 0. The summed E-state index contributed by atoms with van der Waals surface area (Å²) in [5.41, 5.74) is -1.15. The van der Waals surface area contributed by atoms with E-state index in [1.807, 2.05) is 0 Å². The van der Waals surface area contributed by atoms with Crippen LogP contribution in [0.15, 0.2) is 0 Å². The van der Waals surface area contributed by atoms with E-state index in [-0.39, 0.29) is 11.8 Å². The molecule has 3 aliphatic rings. The second-order valence-corrected chi connectivity index (χ2v) is 10.2. The molecular weight excluding hydrogens is 474 g/mol. The van der Waals surface area contributed by atoms with E-state index in [9.17, 15) is 36.7 Å². The molecule has 1 saturated heterocycles. The lowest BCUT2D eigenvalue weighted by Gasteiger charge is -2.41. The molecule has 11 nitrogen and oxygen atoms in total. The lowest BCUT2D eigenvalue weighted by Crippen LogP contribution is -2.50. The van der Waals surface area contributed by atoms with Gasteiger partial charge in [0, 0.05) is 17.8 Å². The maximum absolute atomic E-state index is 13.2. The first kappa shape index (κ1) is 25.7. The standard InChI is InChI=1S/C19H26F2O11S/c1-3-18(26,4-2)13-9-7-8-12(13)16(24)32-14(8)15(9)30-10(22)5-6-11(23)31-17(25)19(20,21)33(27,28)29/h8-9,12-15,17,25-26H,3-7H2,1-2H3,(H,27,28,29). The van der Waals surface area contributed by atoms with E-state index in [4.69, 9.17) is 19.1 Å². The summed E-state index contributed by atoms with van der Waals surface area (Å²) in [6.45, 7) is 3.58. The average Bonchev–Trinajstić information content (AvgIpc) is 3.34. The monoisotopic (exact) mass is 500 g/mol. The second kappa shape index (κ2) is 8.71. The van der Waals surface area contributed by atoms with Gasteiger partial charge in [-0.3, -0.25) is 18.9 Å². The van der Waals surface area contributed by atoms with E-state index in [1.54, 1.807) is 13.8 Å². The van der Waals surface area contributed by atoms with Gasteiger partial charge in [-0.15, -0.1) is 0 Å². The molecule has 0 spiro atoms. The highest BCUT2D eigenvalue weighted by Gasteiger charge is 2.71. The molecule has 1 heterocycles. The molecule has 0 radical (unpaired) electrons. The van der Waals surface area contributed by atoms with Crippen LogP contribution in [0.1, 0.15) is 46.0 Å². The molecule has 3 rings (SSSR count). The Morgan fingerprint density at radius 1 is 1.18 bits per heavy atom. The highest BCUT2D eigenvalue weighted by molar-refractivity contribution is 7.86. The Morgan fingerprint density at radius 2 is 1.76 bits per heavy atom. The molecule has 3 N–H and O–H groups in total. The van der Waals surface area contributed by atoms with E-state index >= 15 is 0 Å². The Morgan fingerprint density at radius 3 is 2.30 bits per heavy atom. The normalized spacial score (nSPS) is 31.9. The number of alkyl halides is 2. The zero-order valence-corrected chi connectivity index (χ0v) is 18.7. The van der Waals surface area contributed by atoms with Gasteiger partial charge in [-0.25, -0.2) is 0 Å². The van der Waals surface area contributed by atoms with Crippen LogP contribution in [0.2, 0.25) is 0 Å². The maximum atomic E-state index is 13.2. The van der Waals surface area contributed by atoms with E-state index in [2.05, 4.69) is 4.74 Å². The van der Waals surface area contributed by atoms with Crippen molar-refractivity contribution in [3.63, 3.8) is 0 Å². The number of halogens is 2. The summed E-state index contributed by atoms with van der Waals surface area (Å²) in [7, 11) is -6.04. The molecule has 33 heavy (non-hydrogen) atoms. The molecule has 14 heteroatoms. The zero-order valence-electron chi connectivity index (χ0n) is 17.8. The van der Waals surface area contributed by atoms with E-state index < -0.39 is 82.1 Å². The predicted octanol–water partition coefficient (Wildman–Crippen LogP) is 0.379. The van der Waals surface area contributed by atoms with Crippen LogP contribution in [0.3, 0.4) is 0 Å². The molecular formula is C19H26F2O11S. The van der Waals surface area contributed by atoms with Gasteiger partial charge >= 0.3 is 33.3 Å². The molecule has 1 aliphatic heterocycles. The molecule has 0 amide bonds. The van der Waals surface area contributed by atoms with Crippen molar-refractivity contribution in [3.8, 4) is 0 Å². The molecule has 188 valence electrons. The summed E-state index contributed by atoms with van der Waals surface area (Å²) in [5.74, 6) is -4.42. The quantitative estimate of drug-likeness (QED) is 0.164. The van der Waals surface area contributed by atoms with Crippen molar-refractivity contribution in [1.82, 2.24) is 0 Å². The fourth-order valence-corrected chi connectivity index (χ4v) is 5.70. The lowest BCUT2D eigenvalue weighted by atomic mass is 9.67. The second-order valence-electron chi connectivity index (χ2n) is 8.66. The topological polar surface area (TPSA) is 174 Å². The number of carbonyl (C=O) groups excluding carboxylic acids is 3. The molecule has 2 bridgehead atoms. The zero-order chi connectivity index (χ0) is 24.9. The highest BCUT2D eigenvalue weighted by atomic mass is 32.2.